The molecule has 0 bridgehead atoms. The van der Waals surface area contributed by atoms with Crippen LogP contribution in [0.2, 0.25) is 10.0 Å². The van der Waals surface area contributed by atoms with Gasteiger partial charge in [0, 0.05) is 19.5 Å². The molecule has 3 rings (SSSR count). The van der Waals surface area contributed by atoms with Gasteiger partial charge < -0.3 is 20.9 Å². The molecule has 1 aliphatic rings. The van der Waals surface area contributed by atoms with Gasteiger partial charge in [-0.05, 0) is 17.7 Å². The number of hydrogen-bond donors (Lipinski definition) is 4. The van der Waals surface area contributed by atoms with Crippen LogP contribution in [-0.2, 0) is 13.0 Å². The van der Waals surface area contributed by atoms with E-state index in [2.05, 4.69) is 15.6 Å². The summed E-state index contributed by atoms with van der Waals surface area (Å²) in [7, 11) is 0. The second-order valence-corrected chi connectivity index (χ2v) is 6.21. The monoisotopic (exact) mass is 354 g/mol. The minimum absolute atomic E-state index is 0.300. The fourth-order valence-electron chi connectivity index (χ4n) is 2.55. The Labute approximate surface area is 142 Å². The molecule has 122 valence electrons. The number of nitrogens with two attached hydrogens (primary N) is 2. The second-order valence-electron chi connectivity index (χ2n) is 5.40. The molecule has 0 aliphatic carbocycles. The molecule has 7 nitrogen and oxygen atoms in total. The first kappa shape index (κ1) is 16.1. The Morgan fingerprint density at radius 1 is 1.26 bits per heavy atom. The predicted octanol–water partition coefficient (Wildman–Crippen LogP) is 1.16. The van der Waals surface area contributed by atoms with Crippen LogP contribution in [0.4, 0.5) is 5.82 Å². The highest BCUT2D eigenvalue weighted by atomic mass is 35.5. The smallest absolute Gasteiger partial charge is 0.276 e. The number of amides is 1. The number of nitrogens with one attached hydrogen (secondary N) is 2. The molecule has 0 spiro atoms. The highest BCUT2D eigenvalue weighted by molar-refractivity contribution is 6.42. The average Bonchev–Trinajstić information content (AvgIpc) is 2.86. The fourth-order valence-corrected chi connectivity index (χ4v) is 2.87. The maximum Gasteiger partial charge on any atom is 0.276 e. The first-order chi connectivity index (χ1) is 10.9. The van der Waals surface area contributed by atoms with Crippen molar-refractivity contribution in [1.29, 1.82) is 0 Å². The van der Waals surface area contributed by atoms with Gasteiger partial charge in [0.1, 0.15) is 5.82 Å². The summed E-state index contributed by atoms with van der Waals surface area (Å²) in [6.45, 7) is 0.960. The molecular weight excluding hydrogens is 339 g/mol. The van der Waals surface area contributed by atoms with E-state index < -0.39 is 5.79 Å². The van der Waals surface area contributed by atoms with Crippen molar-refractivity contribution in [3.63, 3.8) is 0 Å². The summed E-state index contributed by atoms with van der Waals surface area (Å²) in [4.78, 5) is 16.3. The topological polar surface area (TPSA) is 111 Å². The zero-order valence-electron chi connectivity index (χ0n) is 12.1. The average molecular weight is 355 g/mol. The van der Waals surface area contributed by atoms with Crippen molar-refractivity contribution in [2.45, 2.75) is 18.8 Å². The summed E-state index contributed by atoms with van der Waals surface area (Å²) in [5.74, 6) is -0.938. The number of rotatable bonds is 4. The molecule has 0 fully saturated rings. The van der Waals surface area contributed by atoms with Gasteiger partial charge in [-0.3, -0.25) is 10.5 Å². The van der Waals surface area contributed by atoms with Gasteiger partial charge in [0.25, 0.3) is 5.91 Å². The van der Waals surface area contributed by atoms with Crippen molar-refractivity contribution in [3.05, 3.63) is 45.8 Å². The number of fused-ring (bicyclic) bond motifs is 1. The lowest BCUT2D eigenvalue weighted by molar-refractivity contribution is 0.0897. The molecule has 1 aromatic carbocycles. The number of nitrogens with zero attached hydrogens (tertiary/aromatic N) is 2. The zero-order valence-corrected chi connectivity index (χ0v) is 13.7. The first-order valence-electron chi connectivity index (χ1n) is 7.00. The minimum atomic E-state index is -1.16. The number of aromatic nitrogens is 2. The molecule has 9 heteroatoms. The van der Waals surface area contributed by atoms with Gasteiger partial charge in [0.2, 0.25) is 0 Å². The van der Waals surface area contributed by atoms with Gasteiger partial charge in [-0.1, -0.05) is 29.3 Å². The van der Waals surface area contributed by atoms with Gasteiger partial charge >= 0.3 is 0 Å². The molecule has 0 radical (unpaired) electrons. The van der Waals surface area contributed by atoms with E-state index in [1.807, 2.05) is 6.07 Å². The van der Waals surface area contributed by atoms with Gasteiger partial charge in [0.15, 0.2) is 11.5 Å². The summed E-state index contributed by atoms with van der Waals surface area (Å²) in [6, 6.07) is 5.22. The van der Waals surface area contributed by atoms with Crippen LogP contribution in [0.25, 0.3) is 0 Å². The number of anilines is 1. The Kier molecular flexibility index (Phi) is 4.20. The van der Waals surface area contributed by atoms with Crippen LogP contribution in [0.3, 0.4) is 0 Å². The molecule has 2 heterocycles. The molecule has 0 saturated heterocycles. The number of benzene rings is 1. The lowest BCUT2D eigenvalue weighted by Gasteiger charge is -2.36. The van der Waals surface area contributed by atoms with Crippen LogP contribution in [0, 0.1) is 0 Å². The highest BCUT2D eigenvalue weighted by Gasteiger charge is 2.37. The van der Waals surface area contributed by atoms with Crippen LogP contribution in [-0.4, -0.2) is 27.8 Å². The van der Waals surface area contributed by atoms with Crippen LogP contribution in [0.5, 0.6) is 0 Å². The van der Waals surface area contributed by atoms with Gasteiger partial charge in [-0.2, -0.15) is 0 Å². The third-order valence-corrected chi connectivity index (χ3v) is 4.31. The van der Waals surface area contributed by atoms with Crippen molar-refractivity contribution < 1.29 is 4.79 Å². The van der Waals surface area contributed by atoms with Crippen molar-refractivity contribution >= 4 is 34.9 Å². The van der Waals surface area contributed by atoms with Crippen molar-refractivity contribution in [3.8, 4) is 0 Å². The fraction of sp³-hybridized carbons (Fsp3) is 0.286. The third-order valence-electron chi connectivity index (χ3n) is 3.57. The SMILES string of the molecule is NCCn1cnc2c1NC(N)(Cc1ccc(Cl)c(Cl)c1)NC2=O. The van der Waals surface area contributed by atoms with E-state index in [0.29, 0.717) is 41.1 Å². The van der Waals surface area contributed by atoms with Gasteiger partial charge in [-0.25, -0.2) is 4.98 Å². The number of carbonyl (C=O) groups is 1. The van der Waals surface area contributed by atoms with E-state index in [0.717, 1.165) is 5.56 Å². The number of hydrogen-bond acceptors (Lipinski definition) is 5. The van der Waals surface area contributed by atoms with Crippen LogP contribution in [0.1, 0.15) is 16.1 Å². The number of halogens is 2. The molecule has 2 aromatic rings. The summed E-state index contributed by atoms with van der Waals surface area (Å²) in [5.41, 5.74) is 13.0. The lowest BCUT2D eigenvalue weighted by atomic mass is 10.0. The second kappa shape index (κ2) is 6.01. The lowest BCUT2D eigenvalue weighted by Crippen LogP contribution is -2.65. The molecule has 1 aliphatic heterocycles. The maximum absolute atomic E-state index is 12.2. The van der Waals surface area contributed by atoms with Gasteiger partial charge in [0.05, 0.1) is 16.4 Å². The zero-order chi connectivity index (χ0) is 16.6. The van der Waals surface area contributed by atoms with E-state index in [4.69, 9.17) is 34.7 Å². The van der Waals surface area contributed by atoms with E-state index in [-0.39, 0.29) is 5.91 Å². The standard InChI is InChI=1S/C14H16Cl2N6O/c15-9-2-1-8(5-10(9)16)6-14(18)20-12-11(13(23)21-14)19-7-22(12)4-3-17/h1-2,5,7,20H,3-4,6,17-18H2,(H,21,23). The maximum atomic E-state index is 12.2. The summed E-state index contributed by atoms with van der Waals surface area (Å²) in [6.07, 6.45) is 1.89. The molecule has 1 aromatic heterocycles. The van der Waals surface area contributed by atoms with Crippen molar-refractivity contribution in [2.75, 3.05) is 11.9 Å². The predicted molar refractivity (Wildman–Crippen MR) is 89.5 cm³/mol. The minimum Gasteiger partial charge on any atom is -0.334 e. The molecule has 1 amide bonds. The highest BCUT2D eigenvalue weighted by Crippen LogP contribution is 2.27. The van der Waals surface area contributed by atoms with Crippen molar-refractivity contribution in [2.24, 2.45) is 11.5 Å². The molecule has 1 unspecified atom stereocenters. The Bertz CT molecular complexity index is 762. The van der Waals surface area contributed by atoms with E-state index in [1.165, 1.54) is 0 Å². The van der Waals surface area contributed by atoms with E-state index >= 15 is 0 Å². The summed E-state index contributed by atoms with van der Waals surface area (Å²) >= 11 is 11.9. The normalized spacial score (nSPS) is 19.9. The Morgan fingerprint density at radius 3 is 2.74 bits per heavy atom. The number of carbonyl (C=O) groups excluding carboxylic acids is 1. The Hall–Kier alpha value is -1.80. The quantitative estimate of drug-likeness (QED) is 0.658. The van der Waals surface area contributed by atoms with Crippen LogP contribution >= 0.6 is 23.2 Å². The molecule has 1 atom stereocenters. The summed E-state index contributed by atoms with van der Waals surface area (Å²) in [5, 5.41) is 6.76. The first-order valence-corrected chi connectivity index (χ1v) is 7.76. The molecule has 6 N–H and O–H groups in total. The van der Waals surface area contributed by atoms with Crippen LogP contribution < -0.4 is 22.1 Å². The largest absolute Gasteiger partial charge is 0.334 e. The van der Waals surface area contributed by atoms with Gasteiger partial charge in [-0.15, -0.1) is 0 Å². The molecule has 0 saturated carbocycles. The van der Waals surface area contributed by atoms with E-state index in [9.17, 15) is 4.79 Å². The van der Waals surface area contributed by atoms with Crippen LogP contribution in [0.15, 0.2) is 24.5 Å². The Morgan fingerprint density at radius 2 is 2.04 bits per heavy atom. The number of imidazole rings is 1. The van der Waals surface area contributed by atoms with Crippen molar-refractivity contribution in [1.82, 2.24) is 14.9 Å². The van der Waals surface area contributed by atoms with E-state index in [1.54, 1.807) is 23.0 Å². The third kappa shape index (κ3) is 3.13. The Balaban J connectivity index is 1.89. The summed E-state index contributed by atoms with van der Waals surface area (Å²) < 4.78 is 1.77. The molecule has 23 heavy (non-hydrogen) atoms. The molecular formula is C14H16Cl2N6O.